The normalized spacial score (nSPS) is 19.1. The highest BCUT2D eigenvalue weighted by atomic mass is 35.5. The molecule has 22 heavy (non-hydrogen) atoms. The summed E-state index contributed by atoms with van der Waals surface area (Å²) >= 11 is 6.07. The van der Waals surface area contributed by atoms with Crippen molar-refractivity contribution in [1.82, 2.24) is 10.2 Å². The van der Waals surface area contributed by atoms with E-state index in [4.69, 9.17) is 21.4 Å². The lowest BCUT2D eigenvalue weighted by molar-refractivity contribution is -0.139. The summed E-state index contributed by atoms with van der Waals surface area (Å²) in [5, 5.41) is 12.9. The number of ether oxygens (including phenoxy) is 1. The molecule has 122 valence electrons. The van der Waals surface area contributed by atoms with E-state index in [1.807, 2.05) is 6.07 Å². The minimum Gasteiger partial charge on any atom is -0.482 e. The van der Waals surface area contributed by atoms with Gasteiger partial charge in [0.05, 0.1) is 0 Å². The average molecular weight is 327 g/mol. The fourth-order valence-corrected chi connectivity index (χ4v) is 2.97. The van der Waals surface area contributed by atoms with E-state index in [9.17, 15) is 4.79 Å². The van der Waals surface area contributed by atoms with Crippen LogP contribution in [0.3, 0.4) is 0 Å². The van der Waals surface area contributed by atoms with Gasteiger partial charge in [-0.05, 0) is 24.6 Å². The first-order chi connectivity index (χ1) is 10.6. The smallest absolute Gasteiger partial charge is 0.341 e. The molecule has 2 N–H and O–H groups in total. The van der Waals surface area contributed by atoms with E-state index in [0.29, 0.717) is 16.8 Å². The summed E-state index contributed by atoms with van der Waals surface area (Å²) in [6, 6.07) is 5.84. The number of carboxylic acids is 1. The fourth-order valence-electron chi connectivity index (χ4n) is 2.77. The summed E-state index contributed by atoms with van der Waals surface area (Å²) < 4.78 is 5.37. The van der Waals surface area contributed by atoms with E-state index in [0.717, 1.165) is 44.6 Å². The van der Waals surface area contributed by atoms with Gasteiger partial charge in [-0.3, -0.25) is 4.90 Å². The molecule has 1 aliphatic heterocycles. The molecule has 1 atom stereocenters. The van der Waals surface area contributed by atoms with Gasteiger partial charge < -0.3 is 15.2 Å². The lowest BCUT2D eigenvalue weighted by Gasteiger charge is -2.34. The van der Waals surface area contributed by atoms with Crippen molar-refractivity contribution in [2.75, 3.05) is 26.2 Å². The Balaban J connectivity index is 2.03. The zero-order chi connectivity index (χ0) is 15.9. The van der Waals surface area contributed by atoms with E-state index in [-0.39, 0.29) is 6.61 Å². The molecule has 6 heteroatoms. The highest BCUT2D eigenvalue weighted by Gasteiger charge is 2.20. The number of carbonyl (C=O) groups is 1. The Morgan fingerprint density at radius 2 is 2.36 bits per heavy atom. The van der Waals surface area contributed by atoms with Gasteiger partial charge in [-0.2, -0.15) is 0 Å². The molecule has 1 fully saturated rings. The minimum absolute atomic E-state index is 0.339. The molecule has 1 aromatic rings. The van der Waals surface area contributed by atoms with Crippen LogP contribution in [0.5, 0.6) is 5.75 Å². The van der Waals surface area contributed by atoms with Crippen molar-refractivity contribution in [3.63, 3.8) is 0 Å². The maximum absolute atomic E-state index is 10.7. The van der Waals surface area contributed by atoms with Gasteiger partial charge in [0.25, 0.3) is 0 Å². The lowest BCUT2D eigenvalue weighted by atomic mass is 10.1. The Labute approximate surface area is 136 Å². The van der Waals surface area contributed by atoms with Crippen LogP contribution in [0.4, 0.5) is 0 Å². The van der Waals surface area contributed by atoms with Crippen molar-refractivity contribution in [3.8, 4) is 5.75 Å². The van der Waals surface area contributed by atoms with Gasteiger partial charge in [0, 0.05) is 42.8 Å². The molecule has 1 heterocycles. The van der Waals surface area contributed by atoms with Gasteiger partial charge in [-0.15, -0.1) is 0 Å². The Morgan fingerprint density at radius 3 is 3.09 bits per heavy atom. The molecular formula is C16H23ClN2O3. The molecule has 0 radical (unpaired) electrons. The van der Waals surface area contributed by atoms with Crippen LogP contribution in [0.25, 0.3) is 0 Å². The Hall–Kier alpha value is -1.30. The van der Waals surface area contributed by atoms with Crippen LogP contribution in [0, 0.1) is 0 Å². The predicted molar refractivity (Wildman–Crippen MR) is 86.6 cm³/mol. The summed E-state index contributed by atoms with van der Waals surface area (Å²) in [5.41, 5.74) is 0.936. The van der Waals surface area contributed by atoms with Crippen molar-refractivity contribution in [1.29, 1.82) is 0 Å². The van der Waals surface area contributed by atoms with Crippen LogP contribution < -0.4 is 10.1 Å². The number of rotatable bonds is 7. The number of hydrogen-bond acceptors (Lipinski definition) is 4. The fraction of sp³-hybridized carbons (Fsp3) is 0.562. The maximum Gasteiger partial charge on any atom is 0.341 e. The number of nitrogens with one attached hydrogen (secondary N) is 1. The first-order valence-corrected chi connectivity index (χ1v) is 8.05. The van der Waals surface area contributed by atoms with Gasteiger partial charge in [0.1, 0.15) is 5.75 Å². The van der Waals surface area contributed by atoms with Crippen molar-refractivity contribution >= 4 is 17.6 Å². The standard InChI is InChI=1S/C16H23ClN2O3/c1-2-3-14-10-19(7-6-18-14)9-12-8-13(17)4-5-15(12)22-11-16(20)21/h4-5,8,14,18H,2-3,6-7,9-11H2,1H3,(H,20,21)/t14-/m0/s1. The number of benzene rings is 1. The zero-order valence-corrected chi connectivity index (χ0v) is 13.6. The highest BCUT2D eigenvalue weighted by Crippen LogP contribution is 2.25. The van der Waals surface area contributed by atoms with Gasteiger partial charge in [-0.25, -0.2) is 4.79 Å². The van der Waals surface area contributed by atoms with E-state index < -0.39 is 5.97 Å². The summed E-state index contributed by atoms with van der Waals surface area (Å²) in [7, 11) is 0. The number of carboxylic acid groups (broad SMARTS) is 1. The second-order valence-electron chi connectivity index (χ2n) is 5.61. The van der Waals surface area contributed by atoms with Crippen LogP contribution in [0.1, 0.15) is 25.3 Å². The molecule has 1 aliphatic rings. The van der Waals surface area contributed by atoms with Crippen LogP contribution >= 0.6 is 11.6 Å². The average Bonchev–Trinajstić information content (AvgIpc) is 2.47. The van der Waals surface area contributed by atoms with Crippen molar-refractivity contribution < 1.29 is 14.6 Å². The second kappa shape index (κ2) is 8.36. The molecule has 0 bridgehead atoms. The number of nitrogens with zero attached hydrogens (tertiary/aromatic N) is 1. The monoisotopic (exact) mass is 326 g/mol. The van der Waals surface area contributed by atoms with Crippen LogP contribution in [-0.2, 0) is 11.3 Å². The van der Waals surface area contributed by atoms with Gasteiger partial charge in [0.15, 0.2) is 6.61 Å². The molecule has 0 amide bonds. The van der Waals surface area contributed by atoms with Crippen LogP contribution in [-0.4, -0.2) is 48.3 Å². The molecule has 2 rings (SSSR count). The second-order valence-corrected chi connectivity index (χ2v) is 6.05. The van der Waals surface area contributed by atoms with Crippen LogP contribution in [0.2, 0.25) is 5.02 Å². The van der Waals surface area contributed by atoms with Crippen molar-refractivity contribution in [2.24, 2.45) is 0 Å². The minimum atomic E-state index is -0.980. The zero-order valence-electron chi connectivity index (χ0n) is 12.8. The quantitative estimate of drug-likeness (QED) is 0.805. The van der Waals surface area contributed by atoms with Crippen LogP contribution in [0.15, 0.2) is 18.2 Å². The number of aliphatic carboxylic acids is 1. The Morgan fingerprint density at radius 1 is 1.55 bits per heavy atom. The van der Waals surface area contributed by atoms with Crippen molar-refractivity contribution in [3.05, 3.63) is 28.8 Å². The molecule has 1 saturated heterocycles. The Kier molecular flexibility index (Phi) is 6.49. The van der Waals surface area contributed by atoms with E-state index in [2.05, 4.69) is 17.1 Å². The molecule has 0 saturated carbocycles. The first-order valence-electron chi connectivity index (χ1n) is 7.67. The third-order valence-corrected chi connectivity index (χ3v) is 3.98. The van der Waals surface area contributed by atoms with E-state index in [1.165, 1.54) is 0 Å². The third-order valence-electron chi connectivity index (χ3n) is 3.74. The summed E-state index contributed by atoms with van der Waals surface area (Å²) in [6.07, 6.45) is 2.32. The molecular weight excluding hydrogens is 304 g/mol. The molecule has 0 aliphatic carbocycles. The number of hydrogen-bond donors (Lipinski definition) is 2. The Bertz CT molecular complexity index is 508. The van der Waals surface area contributed by atoms with Gasteiger partial charge in [-0.1, -0.05) is 24.9 Å². The molecule has 5 nitrogen and oxygen atoms in total. The van der Waals surface area contributed by atoms with E-state index in [1.54, 1.807) is 12.1 Å². The summed E-state index contributed by atoms with van der Waals surface area (Å²) in [4.78, 5) is 13.0. The largest absolute Gasteiger partial charge is 0.482 e. The molecule has 0 spiro atoms. The summed E-state index contributed by atoms with van der Waals surface area (Å²) in [5.74, 6) is -0.386. The van der Waals surface area contributed by atoms with Gasteiger partial charge in [0.2, 0.25) is 0 Å². The van der Waals surface area contributed by atoms with Crippen molar-refractivity contribution in [2.45, 2.75) is 32.4 Å². The number of piperazine rings is 1. The highest BCUT2D eigenvalue weighted by molar-refractivity contribution is 6.30. The number of halogens is 1. The molecule has 0 aromatic heterocycles. The topological polar surface area (TPSA) is 61.8 Å². The predicted octanol–water partition coefficient (Wildman–Crippen LogP) is 2.38. The maximum atomic E-state index is 10.7. The molecule has 0 unspecified atom stereocenters. The lowest BCUT2D eigenvalue weighted by Crippen LogP contribution is -2.50. The SMILES string of the molecule is CCC[C@H]1CN(Cc2cc(Cl)ccc2OCC(=O)O)CCN1. The van der Waals surface area contributed by atoms with E-state index >= 15 is 0 Å². The first kappa shape index (κ1) is 17.1. The molecule has 1 aromatic carbocycles. The van der Waals surface area contributed by atoms with Gasteiger partial charge >= 0.3 is 5.97 Å². The summed E-state index contributed by atoms with van der Waals surface area (Å²) in [6.45, 7) is 5.49. The third kappa shape index (κ3) is 5.16.